The van der Waals surface area contributed by atoms with Gasteiger partial charge in [0.2, 0.25) is 0 Å². The first-order valence-corrected chi connectivity index (χ1v) is 7.21. The van der Waals surface area contributed by atoms with Gasteiger partial charge in [-0.25, -0.2) is 0 Å². The summed E-state index contributed by atoms with van der Waals surface area (Å²) in [6.45, 7) is 0. The Kier molecular flexibility index (Phi) is 5.37. The third-order valence-electron chi connectivity index (χ3n) is 2.98. The number of ether oxygens (including phenoxy) is 1. The Morgan fingerprint density at radius 2 is 2.25 bits per heavy atom. The van der Waals surface area contributed by atoms with Crippen LogP contribution in [0.5, 0.6) is 5.75 Å². The molecular weight excluding hydrogens is 342 g/mol. The summed E-state index contributed by atoms with van der Waals surface area (Å²) >= 11 is 9.63. The lowest BCUT2D eigenvalue weighted by molar-refractivity contribution is 0.405. The Morgan fingerprint density at radius 1 is 1.45 bits per heavy atom. The number of hydrazine groups is 1. The second-order valence-electron chi connectivity index (χ2n) is 4.25. The number of pyridine rings is 1. The summed E-state index contributed by atoms with van der Waals surface area (Å²) in [5.41, 5.74) is 4.50. The van der Waals surface area contributed by atoms with E-state index in [-0.39, 0.29) is 6.04 Å². The quantitative estimate of drug-likeness (QED) is 0.638. The number of benzene rings is 1. The molecule has 2 aromatic rings. The zero-order valence-electron chi connectivity index (χ0n) is 10.9. The molecule has 1 atom stereocenters. The van der Waals surface area contributed by atoms with Crippen molar-refractivity contribution in [2.24, 2.45) is 5.84 Å². The Balaban J connectivity index is 2.31. The molecule has 2 rings (SSSR count). The molecule has 0 saturated carbocycles. The molecule has 106 valence electrons. The number of aromatic nitrogens is 1. The van der Waals surface area contributed by atoms with Crippen molar-refractivity contribution < 1.29 is 4.74 Å². The maximum Gasteiger partial charge on any atom is 0.122 e. The van der Waals surface area contributed by atoms with E-state index in [1.54, 1.807) is 25.4 Å². The third-order valence-corrected chi connectivity index (χ3v) is 3.80. The Hall–Kier alpha value is -1.14. The molecule has 0 aliphatic heterocycles. The summed E-state index contributed by atoms with van der Waals surface area (Å²) in [7, 11) is 1.64. The number of methoxy groups -OCH3 is 1. The van der Waals surface area contributed by atoms with Gasteiger partial charge in [0.25, 0.3) is 0 Å². The monoisotopic (exact) mass is 355 g/mol. The zero-order chi connectivity index (χ0) is 14.5. The second-order valence-corrected chi connectivity index (χ2v) is 5.57. The minimum atomic E-state index is -0.188. The average molecular weight is 357 g/mol. The van der Waals surface area contributed by atoms with Gasteiger partial charge in [-0.15, -0.1) is 0 Å². The Labute approximate surface area is 131 Å². The molecule has 3 N–H and O–H groups in total. The van der Waals surface area contributed by atoms with Crippen LogP contribution in [0.3, 0.4) is 0 Å². The number of halogens is 2. The molecule has 0 radical (unpaired) electrons. The average Bonchev–Trinajstić information content (AvgIpc) is 2.46. The van der Waals surface area contributed by atoms with E-state index in [0.717, 1.165) is 21.5 Å². The second kappa shape index (κ2) is 7.04. The standard InChI is InChI=1S/C14H15BrClN3O/c1-20-13-5-4-10(15)7-9(13)8-12(19-17)14-11(16)3-2-6-18-14/h2-7,12,19H,8,17H2,1H3. The van der Waals surface area contributed by atoms with Crippen molar-refractivity contribution in [3.05, 3.63) is 57.3 Å². The van der Waals surface area contributed by atoms with Crippen molar-refractivity contribution in [2.75, 3.05) is 7.11 Å². The molecule has 1 unspecified atom stereocenters. The summed E-state index contributed by atoms with van der Waals surface area (Å²) in [5, 5.41) is 0.587. The SMILES string of the molecule is COc1ccc(Br)cc1CC(NN)c1ncccc1Cl. The lowest BCUT2D eigenvalue weighted by Crippen LogP contribution is -2.30. The maximum atomic E-state index is 6.17. The molecule has 20 heavy (non-hydrogen) atoms. The number of nitrogens with two attached hydrogens (primary N) is 1. The van der Waals surface area contributed by atoms with Crippen LogP contribution in [0, 0.1) is 0 Å². The van der Waals surface area contributed by atoms with Gasteiger partial charge in [-0.3, -0.25) is 16.3 Å². The Morgan fingerprint density at radius 3 is 2.90 bits per heavy atom. The minimum Gasteiger partial charge on any atom is -0.496 e. The molecule has 1 aromatic heterocycles. The van der Waals surface area contributed by atoms with Gasteiger partial charge in [0.15, 0.2) is 0 Å². The summed E-state index contributed by atoms with van der Waals surface area (Å²) in [6.07, 6.45) is 2.32. The number of nitrogens with one attached hydrogen (secondary N) is 1. The number of rotatable bonds is 5. The van der Waals surface area contributed by atoms with Gasteiger partial charge in [0, 0.05) is 10.7 Å². The van der Waals surface area contributed by atoms with E-state index in [9.17, 15) is 0 Å². The van der Waals surface area contributed by atoms with Gasteiger partial charge in [-0.05, 0) is 42.3 Å². The number of hydrogen-bond donors (Lipinski definition) is 2. The summed E-state index contributed by atoms with van der Waals surface area (Å²) in [5.74, 6) is 6.46. The van der Waals surface area contributed by atoms with Gasteiger partial charge < -0.3 is 4.74 Å². The molecule has 0 spiro atoms. The van der Waals surface area contributed by atoms with Crippen LogP contribution in [-0.2, 0) is 6.42 Å². The van der Waals surface area contributed by atoms with Crippen molar-refractivity contribution in [1.29, 1.82) is 0 Å². The highest BCUT2D eigenvalue weighted by Gasteiger charge is 2.17. The van der Waals surface area contributed by atoms with Crippen molar-refractivity contribution >= 4 is 27.5 Å². The van der Waals surface area contributed by atoms with E-state index >= 15 is 0 Å². The van der Waals surface area contributed by atoms with E-state index < -0.39 is 0 Å². The minimum absolute atomic E-state index is 0.188. The normalized spacial score (nSPS) is 12.2. The smallest absolute Gasteiger partial charge is 0.122 e. The molecule has 0 fully saturated rings. The maximum absolute atomic E-state index is 6.17. The van der Waals surface area contributed by atoms with Crippen LogP contribution in [0.25, 0.3) is 0 Å². The summed E-state index contributed by atoms with van der Waals surface area (Å²) in [4.78, 5) is 4.30. The molecule has 0 amide bonds. The van der Waals surface area contributed by atoms with E-state index in [4.69, 9.17) is 22.2 Å². The van der Waals surface area contributed by atoms with Crippen LogP contribution < -0.4 is 16.0 Å². The molecule has 0 aliphatic rings. The summed E-state index contributed by atoms with van der Waals surface area (Å²) in [6, 6.07) is 9.24. The van der Waals surface area contributed by atoms with Crippen molar-refractivity contribution in [3.63, 3.8) is 0 Å². The first-order chi connectivity index (χ1) is 9.65. The molecule has 0 bridgehead atoms. The van der Waals surface area contributed by atoms with Crippen LogP contribution in [0.2, 0.25) is 5.02 Å². The lowest BCUT2D eigenvalue weighted by Gasteiger charge is -2.18. The van der Waals surface area contributed by atoms with E-state index in [1.807, 2.05) is 18.2 Å². The highest BCUT2D eigenvalue weighted by Crippen LogP contribution is 2.29. The van der Waals surface area contributed by atoms with Gasteiger partial charge in [-0.1, -0.05) is 27.5 Å². The topological polar surface area (TPSA) is 60.2 Å². The number of hydrogen-bond acceptors (Lipinski definition) is 4. The van der Waals surface area contributed by atoms with Gasteiger partial charge in [-0.2, -0.15) is 0 Å². The molecular formula is C14H15BrClN3O. The van der Waals surface area contributed by atoms with Crippen molar-refractivity contribution in [2.45, 2.75) is 12.5 Å². The van der Waals surface area contributed by atoms with Gasteiger partial charge in [0.1, 0.15) is 5.75 Å². The zero-order valence-corrected chi connectivity index (χ0v) is 13.3. The fourth-order valence-electron chi connectivity index (χ4n) is 2.02. The van der Waals surface area contributed by atoms with E-state index in [1.165, 1.54) is 0 Å². The van der Waals surface area contributed by atoms with Crippen molar-refractivity contribution in [1.82, 2.24) is 10.4 Å². The first kappa shape index (κ1) is 15.3. The fourth-order valence-corrected chi connectivity index (χ4v) is 2.68. The first-order valence-electron chi connectivity index (χ1n) is 6.04. The molecule has 1 heterocycles. The highest BCUT2D eigenvalue weighted by molar-refractivity contribution is 9.10. The van der Waals surface area contributed by atoms with Gasteiger partial charge >= 0.3 is 0 Å². The molecule has 0 saturated heterocycles. The third kappa shape index (κ3) is 3.49. The Bertz CT molecular complexity index is 594. The molecule has 0 aliphatic carbocycles. The van der Waals surface area contributed by atoms with E-state index in [0.29, 0.717) is 11.4 Å². The van der Waals surface area contributed by atoms with Crippen LogP contribution in [0.15, 0.2) is 41.0 Å². The lowest BCUT2D eigenvalue weighted by atomic mass is 10.0. The molecule has 4 nitrogen and oxygen atoms in total. The molecule has 1 aromatic carbocycles. The van der Waals surface area contributed by atoms with Crippen LogP contribution in [0.4, 0.5) is 0 Å². The predicted molar refractivity (Wildman–Crippen MR) is 83.7 cm³/mol. The molecule has 6 heteroatoms. The van der Waals surface area contributed by atoms with E-state index in [2.05, 4.69) is 26.3 Å². The summed E-state index contributed by atoms with van der Waals surface area (Å²) < 4.78 is 6.35. The largest absolute Gasteiger partial charge is 0.496 e. The predicted octanol–water partition coefficient (Wildman–Crippen LogP) is 3.25. The van der Waals surface area contributed by atoms with Crippen LogP contribution in [0.1, 0.15) is 17.3 Å². The number of nitrogens with zero attached hydrogens (tertiary/aromatic N) is 1. The highest BCUT2D eigenvalue weighted by atomic mass is 79.9. The van der Waals surface area contributed by atoms with Crippen LogP contribution in [-0.4, -0.2) is 12.1 Å². The van der Waals surface area contributed by atoms with Crippen LogP contribution >= 0.6 is 27.5 Å². The van der Waals surface area contributed by atoms with Crippen molar-refractivity contribution in [3.8, 4) is 5.75 Å². The van der Waals surface area contributed by atoms with Gasteiger partial charge in [0.05, 0.1) is 23.9 Å². The fraction of sp³-hybridized carbons (Fsp3) is 0.214.